The Hall–Kier alpha value is -1.50. The number of hydrogen-bond acceptors (Lipinski definition) is 5. The zero-order valence-corrected chi connectivity index (χ0v) is 12.2. The van der Waals surface area contributed by atoms with Crippen molar-refractivity contribution in [3.05, 3.63) is 10.6 Å². The van der Waals surface area contributed by atoms with Crippen molar-refractivity contribution in [1.82, 2.24) is 14.5 Å². The van der Waals surface area contributed by atoms with E-state index in [1.54, 1.807) is 11.8 Å². The second-order valence-corrected chi connectivity index (χ2v) is 5.09. The molecule has 0 fully saturated rings. The summed E-state index contributed by atoms with van der Waals surface area (Å²) in [4.78, 5) is 25.3. The van der Waals surface area contributed by atoms with Crippen molar-refractivity contribution in [1.29, 1.82) is 0 Å². The van der Waals surface area contributed by atoms with E-state index in [9.17, 15) is 9.59 Å². The lowest BCUT2D eigenvalue weighted by Gasteiger charge is -2.26. The number of nitrogens with zero attached hydrogens (tertiary/aromatic N) is 3. The third-order valence-electron chi connectivity index (χ3n) is 2.84. The van der Waals surface area contributed by atoms with Gasteiger partial charge in [0, 0.05) is 12.6 Å². The summed E-state index contributed by atoms with van der Waals surface area (Å²) < 4.78 is 3.83. The van der Waals surface area contributed by atoms with E-state index < -0.39 is 5.97 Å². The molecule has 0 aliphatic carbocycles. The number of aromatic nitrogens is 2. The van der Waals surface area contributed by atoms with Gasteiger partial charge >= 0.3 is 5.97 Å². The molecule has 106 valence electrons. The second kappa shape index (κ2) is 7.18. The van der Waals surface area contributed by atoms with E-state index in [-0.39, 0.29) is 18.4 Å². The maximum absolute atomic E-state index is 12.4. The van der Waals surface area contributed by atoms with E-state index in [0.717, 1.165) is 18.0 Å². The van der Waals surface area contributed by atoms with Gasteiger partial charge in [-0.3, -0.25) is 9.59 Å². The first-order valence-electron chi connectivity index (χ1n) is 6.35. The second-order valence-electron chi connectivity index (χ2n) is 4.34. The molecule has 7 heteroatoms. The Bertz CT molecular complexity index is 447. The molecule has 1 amide bonds. The Balaban J connectivity index is 2.88. The van der Waals surface area contributed by atoms with Crippen LogP contribution < -0.4 is 0 Å². The average Bonchev–Trinajstić information content (AvgIpc) is 2.77. The highest BCUT2D eigenvalue weighted by Crippen LogP contribution is 2.17. The maximum Gasteiger partial charge on any atom is 0.305 e. The van der Waals surface area contributed by atoms with Crippen LogP contribution >= 0.6 is 11.5 Å². The summed E-state index contributed by atoms with van der Waals surface area (Å²) in [5.74, 6) is -1.08. The average molecular weight is 285 g/mol. The van der Waals surface area contributed by atoms with Crippen LogP contribution in [0, 0.1) is 0 Å². The minimum atomic E-state index is -0.907. The Morgan fingerprint density at radius 1 is 1.42 bits per heavy atom. The fraction of sp³-hybridized carbons (Fsp3) is 0.667. The maximum atomic E-state index is 12.4. The van der Waals surface area contributed by atoms with Crippen molar-refractivity contribution >= 4 is 23.4 Å². The minimum absolute atomic E-state index is 0.0606. The van der Waals surface area contributed by atoms with Crippen LogP contribution in [-0.2, 0) is 11.2 Å². The van der Waals surface area contributed by atoms with Crippen LogP contribution in [0.25, 0.3) is 0 Å². The summed E-state index contributed by atoms with van der Waals surface area (Å²) in [6, 6.07) is -0.341. The number of carbonyl (C=O) groups excluding carboxylic acids is 1. The quantitative estimate of drug-likeness (QED) is 0.826. The lowest BCUT2D eigenvalue weighted by Crippen LogP contribution is -2.39. The van der Waals surface area contributed by atoms with Gasteiger partial charge in [0.1, 0.15) is 4.88 Å². The highest BCUT2D eigenvalue weighted by molar-refractivity contribution is 7.08. The normalized spacial score (nSPS) is 12.2. The van der Waals surface area contributed by atoms with E-state index in [1.807, 2.05) is 13.8 Å². The first-order chi connectivity index (χ1) is 9.01. The van der Waals surface area contributed by atoms with E-state index in [1.165, 1.54) is 0 Å². The van der Waals surface area contributed by atoms with Gasteiger partial charge in [0.25, 0.3) is 5.91 Å². The first-order valence-corrected chi connectivity index (χ1v) is 7.12. The highest BCUT2D eigenvalue weighted by atomic mass is 32.1. The number of carbonyl (C=O) groups is 2. The van der Waals surface area contributed by atoms with Gasteiger partial charge in [-0.1, -0.05) is 17.8 Å². The lowest BCUT2D eigenvalue weighted by atomic mass is 10.1. The minimum Gasteiger partial charge on any atom is -0.481 e. The third-order valence-corrected chi connectivity index (χ3v) is 3.60. The van der Waals surface area contributed by atoms with Gasteiger partial charge in [0.2, 0.25) is 0 Å². The fourth-order valence-electron chi connectivity index (χ4n) is 1.92. The van der Waals surface area contributed by atoms with E-state index in [4.69, 9.17) is 5.11 Å². The van der Waals surface area contributed by atoms with Crippen molar-refractivity contribution in [2.24, 2.45) is 0 Å². The summed E-state index contributed by atoms with van der Waals surface area (Å²) in [7, 11) is 0. The van der Waals surface area contributed by atoms with Crippen molar-refractivity contribution in [2.45, 2.75) is 46.1 Å². The van der Waals surface area contributed by atoms with E-state index >= 15 is 0 Å². The van der Waals surface area contributed by atoms with Gasteiger partial charge in [0.05, 0.1) is 12.1 Å². The molecule has 0 saturated heterocycles. The molecule has 0 bridgehead atoms. The number of rotatable bonds is 7. The summed E-state index contributed by atoms with van der Waals surface area (Å²) >= 11 is 1.08. The summed E-state index contributed by atoms with van der Waals surface area (Å²) in [5, 5.41) is 12.8. The molecule has 0 aliphatic heterocycles. The Kier molecular flexibility index (Phi) is 5.88. The SMILES string of the molecule is CCCc1nnsc1C(=O)N(CC)C(C)CC(=O)O. The Labute approximate surface area is 116 Å². The molecule has 0 saturated carbocycles. The molecular weight excluding hydrogens is 266 g/mol. The van der Waals surface area contributed by atoms with Crippen LogP contribution in [0.4, 0.5) is 0 Å². The molecule has 19 heavy (non-hydrogen) atoms. The molecule has 0 spiro atoms. The summed E-state index contributed by atoms with van der Waals surface area (Å²) in [6.07, 6.45) is 1.54. The molecule has 1 aromatic rings. The molecule has 1 rings (SSSR count). The van der Waals surface area contributed by atoms with Crippen molar-refractivity contribution < 1.29 is 14.7 Å². The van der Waals surface area contributed by atoms with Crippen LogP contribution in [0.5, 0.6) is 0 Å². The Morgan fingerprint density at radius 2 is 2.11 bits per heavy atom. The standard InChI is InChI=1S/C12H19N3O3S/c1-4-6-9-11(19-14-13-9)12(18)15(5-2)8(3)7-10(16)17/h8H,4-7H2,1-3H3,(H,16,17). The molecule has 6 nitrogen and oxygen atoms in total. The van der Waals surface area contributed by atoms with Gasteiger partial charge in [-0.05, 0) is 31.8 Å². The monoisotopic (exact) mass is 285 g/mol. The predicted molar refractivity (Wildman–Crippen MR) is 72.3 cm³/mol. The van der Waals surface area contributed by atoms with Gasteiger partial charge in [0.15, 0.2) is 0 Å². The van der Waals surface area contributed by atoms with Crippen molar-refractivity contribution in [2.75, 3.05) is 6.54 Å². The van der Waals surface area contributed by atoms with Crippen molar-refractivity contribution in [3.8, 4) is 0 Å². The lowest BCUT2D eigenvalue weighted by molar-refractivity contribution is -0.138. The predicted octanol–water partition coefficient (Wildman–Crippen LogP) is 1.82. The molecule has 1 N–H and O–H groups in total. The summed E-state index contributed by atoms with van der Waals surface area (Å²) in [5.41, 5.74) is 0.707. The molecule has 1 heterocycles. The van der Waals surface area contributed by atoms with Gasteiger partial charge in [-0.25, -0.2) is 0 Å². The van der Waals surface area contributed by atoms with Gasteiger partial charge in [-0.2, -0.15) is 0 Å². The zero-order chi connectivity index (χ0) is 14.4. The molecule has 0 aliphatic rings. The number of amides is 1. The van der Waals surface area contributed by atoms with Crippen LogP contribution in [0.1, 0.15) is 49.0 Å². The zero-order valence-electron chi connectivity index (χ0n) is 11.4. The smallest absolute Gasteiger partial charge is 0.305 e. The number of hydrogen-bond donors (Lipinski definition) is 1. The molecule has 1 aromatic heterocycles. The van der Waals surface area contributed by atoms with E-state index in [2.05, 4.69) is 9.59 Å². The topological polar surface area (TPSA) is 83.4 Å². The third kappa shape index (κ3) is 3.99. The molecule has 1 atom stereocenters. The molecular formula is C12H19N3O3S. The Morgan fingerprint density at radius 3 is 2.63 bits per heavy atom. The van der Waals surface area contributed by atoms with Crippen molar-refractivity contribution in [3.63, 3.8) is 0 Å². The molecule has 0 aromatic carbocycles. The van der Waals surface area contributed by atoms with Crippen LogP contribution in [0.3, 0.4) is 0 Å². The van der Waals surface area contributed by atoms with Crippen LogP contribution in [0.15, 0.2) is 0 Å². The fourth-order valence-corrected chi connectivity index (χ4v) is 2.58. The van der Waals surface area contributed by atoms with E-state index in [0.29, 0.717) is 23.5 Å². The highest BCUT2D eigenvalue weighted by Gasteiger charge is 2.25. The number of aliphatic carboxylic acids is 1. The number of carboxylic acids is 1. The van der Waals surface area contributed by atoms with Crippen LogP contribution in [0.2, 0.25) is 0 Å². The molecule has 1 unspecified atom stereocenters. The first kappa shape index (κ1) is 15.6. The largest absolute Gasteiger partial charge is 0.481 e. The van der Waals surface area contributed by atoms with Gasteiger partial charge in [-0.15, -0.1) is 5.10 Å². The van der Waals surface area contributed by atoms with Crippen LogP contribution in [-0.4, -0.2) is 44.1 Å². The number of aryl methyl sites for hydroxylation is 1. The van der Waals surface area contributed by atoms with Gasteiger partial charge < -0.3 is 10.0 Å². The number of carboxylic acid groups (broad SMARTS) is 1. The summed E-state index contributed by atoms with van der Waals surface area (Å²) in [6.45, 7) is 6.06. The molecule has 0 radical (unpaired) electrons.